The minimum atomic E-state index is -0.0748. The Morgan fingerprint density at radius 3 is 2.81 bits per heavy atom. The molecule has 0 aromatic carbocycles. The molecule has 0 saturated carbocycles. The number of hydrogen-bond donors (Lipinski definition) is 1. The summed E-state index contributed by atoms with van der Waals surface area (Å²) < 4.78 is 1.81. The van der Waals surface area contributed by atoms with Gasteiger partial charge in [0.25, 0.3) is 5.91 Å². The van der Waals surface area contributed by atoms with E-state index in [9.17, 15) is 4.79 Å². The van der Waals surface area contributed by atoms with Gasteiger partial charge in [0.1, 0.15) is 0 Å². The smallest absolute Gasteiger partial charge is 0.254 e. The maximum atomic E-state index is 12.5. The molecule has 1 unspecified atom stereocenters. The maximum absolute atomic E-state index is 12.5. The van der Waals surface area contributed by atoms with Gasteiger partial charge in [0.05, 0.1) is 24.3 Å². The van der Waals surface area contributed by atoms with Gasteiger partial charge in [0.2, 0.25) is 0 Å². The van der Waals surface area contributed by atoms with E-state index in [0.29, 0.717) is 12.1 Å². The van der Waals surface area contributed by atoms with Crippen LogP contribution in [-0.4, -0.2) is 70.7 Å². The van der Waals surface area contributed by atoms with Gasteiger partial charge in [0, 0.05) is 31.7 Å². The fourth-order valence-corrected chi connectivity index (χ4v) is 3.28. The van der Waals surface area contributed by atoms with Crippen LogP contribution in [0, 0.1) is 0 Å². The molecule has 3 rings (SSSR count). The highest BCUT2D eigenvalue weighted by atomic mass is 16.1. The predicted octanol–water partition coefficient (Wildman–Crippen LogP) is 1.41. The average molecular weight is 356 g/mol. The lowest BCUT2D eigenvalue weighted by molar-refractivity contribution is 0.0937. The third-order valence-corrected chi connectivity index (χ3v) is 4.78. The van der Waals surface area contributed by atoms with Crippen molar-refractivity contribution < 1.29 is 4.79 Å². The first-order valence-electron chi connectivity index (χ1n) is 9.23. The van der Waals surface area contributed by atoms with Crippen molar-refractivity contribution in [2.45, 2.75) is 25.4 Å². The van der Waals surface area contributed by atoms with Crippen molar-refractivity contribution in [1.82, 2.24) is 29.9 Å². The molecule has 0 aliphatic carbocycles. The molecule has 140 valence electrons. The molecule has 0 radical (unpaired) electrons. The monoisotopic (exact) mass is 356 g/mol. The largest absolute Gasteiger partial charge is 0.350 e. The summed E-state index contributed by atoms with van der Waals surface area (Å²) >= 11 is 0. The molecule has 2 aromatic heterocycles. The van der Waals surface area contributed by atoms with Crippen LogP contribution in [0.4, 0.5) is 0 Å². The van der Waals surface area contributed by atoms with Crippen molar-refractivity contribution in [1.29, 1.82) is 0 Å². The number of likely N-dealkylation sites (N-methyl/N-ethyl adjacent to an activating group) is 1. The Bertz CT molecular complexity index is 693. The van der Waals surface area contributed by atoms with Gasteiger partial charge in [-0.3, -0.25) is 19.4 Å². The summed E-state index contributed by atoms with van der Waals surface area (Å²) in [4.78, 5) is 21.3. The molecule has 1 N–H and O–H groups in total. The van der Waals surface area contributed by atoms with Crippen LogP contribution in [0.15, 0.2) is 36.9 Å². The fraction of sp³-hybridized carbons (Fsp3) is 0.526. The van der Waals surface area contributed by atoms with E-state index < -0.39 is 0 Å². The van der Waals surface area contributed by atoms with Gasteiger partial charge >= 0.3 is 0 Å². The van der Waals surface area contributed by atoms with E-state index >= 15 is 0 Å². The minimum absolute atomic E-state index is 0.0748. The van der Waals surface area contributed by atoms with Crippen molar-refractivity contribution in [3.8, 4) is 0 Å². The Balaban J connectivity index is 1.60. The Morgan fingerprint density at radius 1 is 1.31 bits per heavy atom. The quantitative estimate of drug-likeness (QED) is 0.775. The highest BCUT2D eigenvalue weighted by Crippen LogP contribution is 2.24. The summed E-state index contributed by atoms with van der Waals surface area (Å²) in [5, 5.41) is 7.36. The standard InChI is InChI=1S/C19H28N6O/c1-23(2)10-11-25-15-17(13-22-25)19(26)21-14-18(24-8-3-4-9-24)16-6-5-7-20-12-16/h5-7,12-13,15,18H,3-4,8-11,14H2,1-2H3,(H,21,26). The van der Waals surface area contributed by atoms with E-state index in [1.807, 2.05) is 37.2 Å². The number of aromatic nitrogens is 3. The summed E-state index contributed by atoms with van der Waals surface area (Å²) in [6, 6.07) is 4.20. The number of carbonyl (C=O) groups excluding carboxylic acids is 1. The van der Waals surface area contributed by atoms with Crippen molar-refractivity contribution >= 4 is 5.91 Å². The van der Waals surface area contributed by atoms with Crippen LogP contribution in [0.2, 0.25) is 0 Å². The summed E-state index contributed by atoms with van der Waals surface area (Å²) in [6.45, 7) is 4.37. The second-order valence-corrected chi connectivity index (χ2v) is 7.05. The molecule has 1 atom stereocenters. The lowest BCUT2D eigenvalue weighted by Crippen LogP contribution is -2.36. The number of amides is 1. The van der Waals surface area contributed by atoms with E-state index in [0.717, 1.165) is 31.7 Å². The van der Waals surface area contributed by atoms with E-state index in [4.69, 9.17) is 0 Å². The first-order valence-corrected chi connectivity index (χ1v) is 9.23. The summed E-state index contributed by atoms with van der Waals surface area (Å²) in [6.07, 6.45) is 9.56. The second-order valence-electron chi connectivity index (χ2n) is 7.05. The molecule has 1 saturated heterocycles. The predicted molar refractivity (Wildman–Crippen MR) is 101 cm³/mol. The van der Waals surface area contributed by atoms with Crippen LogP contribution in [-0.2, 0) is 6.54 Å². The Kier molecular flexibility index (Phi) is 6.35. The Labute approximate surface area is 155 Å². The molecule has 7 nitrogen and oxygen atoms in total. The minimum Gasteiger partial charge on any atom is -0.350 e. The highest BCUT2D eigenvalue weighted by Gasteiger charge is 2.24. The molecular weight excluding hydrogens is 328 g/mol. The zero-order valence-corrected chi connectivity index (χ0v) is 15.6. The number of nitrogens with zero attached hydrogens (tertiary/aromatic N) is 5. The van der Waals surface area contributed by atoms with Gasteiger partial charge < -0.3 is 10.2 Å². The number of likely N-dealkylation sites (tertiary alicyclic amines) is 1. The maximum Gasteiger partial charge on any atom is 0.254 e. The lowest BCUT2D eigenvalue weighted by atomic mass is 10.1. The van der Waals surface area contributed by atoms with Gasteiger partial charge in [0.15, 0.2) is 0 Å². The van der Waals surface area contributed by atoms with Crippen LogP contribution in [0.25, 0.3) is 0 Å². The van der Waals surface area contributed by atoms with Crippen LogP contribution < -0.4 is 5.32 Å². The molecular formula is C19H28N6O. The molecule has 3 heterocycles. The number of pyridine rings is 1. The van der Waals surface area contributed by atoms with Crippen molar-refractivity contribution in [2.24, 2.45) is 0 Å². The SMILES string of the molecule is CN(C)CCn1cc(C(=O)NCC(c2cccnc2)N2CCCC2)cn1. The fourth-order valence-electron chi connectivity index (χ4n) is 3.28. The van der Waals surface area contributed by atoms with Gasteiger partial charge in [-0.1, -0.05) is 6.07 Å². The van der Waals surface area contributed by atoms with Crippen LogP contribution >= 0.6 is 0 Å². The normalized spacial score (nSPS) is 16.1. The van der Waals surface area contributed by atoms with E-state index in [1.54, 1.807) is 12.4 Å². The third kappa shape index (κ3) is 4.89. The highest BCUT2D eigenvalue weighted by molar-refractivity contribution is 5.93. The number of hydrogen-bond acceptors (Lipinski definition) is 5. The molecule has 0 bridgehead atoms. The van der Waals surface area contributed by atoms with Crippen molar-refractivity contribution in [3.63, 3.8) is 0 Å². The molecule has 26 heavy (non-hydrogen) atoms. The van der Waals surface area contributed by atoms with E-state index in [2.05, 4.69) is 31.3 Å². The molecule has 0 spiro atoms. The zero-order chi connectivity index (χ0) is 18.4. The first-order chi connectivity index (χ1) is 12.6. The molecule has 7 heteroatoms. The summed E-state index contributed by atoms with van der Waals surface area (Å²) in [7, 11) is 4.04. The van der Waals surface area contributed by atoms with Crippen LogP contribution in [0.5, 0.6) is 0 Å². The second kappa shape index (κ2) is 8.91. The average Bonchev–Trinajstić information content (AvgIpc) is 3.33. The van der Waals surface area contributed by atoms with Crippen LogP contribution in [0.3, 0.4) is 0 Å². The zero-order valence-electron chi connectivity index (χ0n) is 15.6. The lowest BCUT2D eigenvalue weighted by Gasteiger charge is -2.27. The topological polar surface area (TPSA) is 66.3 Å². The van der Waals surface area contributed by atoms with Gasteiger partial charge in [-0.25, -0.2) is 0 Å². The summed E-state index contributed by atoms with van der Waals surface area (Å²) in [5.41, 5.74) is 1.76. The van der Waals surface area contributed by atoms with Crippen LogP contribution in [0.1, 0.15) is 34.8 Å². The molecule has 1 aliphatic heterocycles. The van der Waals surface area contributed by atoms with E-state index in [1.165, 1.54) is 12.8 Å². The van der Waals surface area contributed by atoms with Gasteiger partial charge in [-0.2, -0.15) is 5.10 Å². The Morgan fingerprint density at radius 2 is 2.12 bits per heavy atom. The first kappa shape index (κ1) is 18.5. The van der Waals surface area contributed by atoms with E-state index in [-0.39, 0.29) is 11.9 Å². The van der Waals surface area contributed by atoms with Gasteiger partial charge in [-0.05, 0) is 51.7 Å². The third-order valence-electron chi connectivity index (χ3n) is 4.78. The van der Waals surface area contributed by atoms with Crippen molar-refractivity contribution in [3.05, 3.63) is 48.0 Å². The molecule has 2 aromatic rings. The number of rotatable bonds is 8. The molecule has 1 fully saturated rings. The summed E-state index contributed by atoms with van der Waals surface area (Å²) in [5.74, 6) is -0.0748. The Hall–Kier alpha value is -2.25. The number of nitrogens with one attached hydrogen (secondary N) is 1. The van der Waals surface area contributed by atoms with Gasteiger partial charge in [-0.15, -0.1) is 0 Å². The number of carbonyl (C=O) groups is 1. The molecule has 1 amide bonds. The van der Waals surface area contributed by atoms with Crippen molar-refractivity contribution in [2.75, 3.05) is 40.3 Å². The molecule has 1 aliphatic rings.